The Morgan fingerprint density at radius 2 is 1.88 bits per heavy atom. The van der Waals surface area contributed by atoms with Gasteiger partial charge in [0, 0.05) is 4.92 Å². The van der Waals surface area contributed by atoms with Crippen LogP contribution in [0.5, 0.6) is 0 Å². The minimum absolute atomic E-state index is 0.100. The molecule has 0 radical (unpaired) electrons. The van der Waals surface area contributed by atoms with Gasteiger partial charge in [-0.05, 0) is 26.7 Å². The Morgan fingerprint density at radius 3 is 2.25 bits per heavy atom. The molecule has 24 heavy (non-hydrogen) atoms. The molecule has 0 saturated carbocycles. The van der Waals surface area contributed by atoms with Crippen LogP contribution in [-0.2, 0) is 14.3 Å². The van der Waals surface area contributed by atoms with Gasteiger partial charge in [-0.25, -0.2) is 4.79 Å². The van der Waals surface area contributed by atoms with Gasteiger partial charge in [0.05, 0.1) is 20.2 Å². The molecule has 0 aromatic carbocycles. The number of nitrogens with zero attached hydrogens (tertiary/aromatic N) is 2. The lowest BCUT2D eigenvalue weighted by atomic mass is 9.87. The van der Waals surface area contributed by atoms with Gasteiger partial charge in [-0.3, -0.25) is 20.2 Å². The third-order valence-electron chi connectivity index (χ3n) is 3.65. The van der Waals surface area contributed by atoms with Crippen molar-refractivity contribution in [2.45, 2.75) is 51.8 Å². The second kappa shape index (κ2) is 7.33. The van der Waals surface area contributed by atoms with Gasteiger partial charge in [-0.15, -0.1) is 0 Å². The first-order valence-electron chi connectivity index (χ1n) is 7.84. The summed E-state index contributed by atoms with van der Waals surface area (Å²) < 4.78 is 10.0. The Morgan fingerprint density at radius 1 is 1.33 bits per heavy atom. The van der Waals surface area contributed by atoms with Gasteiger partial charge in [0.25, 0.3) is 0 Å². The van der Waals surface area contributed by atoms with E-state index in [0.29, 0.717) is 0 Å². The van der Waals surface area contributed by atoms with Crippen molar-refractivity contribution in [2.24, 2.45) is 5.92 Å². The van der Waals surface area contributed by atoms with Crippen LogP contribution >= 0.6 is 0 Å². The average Bonchev–Trinajstić information content (AvgIpc) is 2.36. The van der Waals surface area contributed by atoms with E-state index < -0.39 is 40.7 Å². The Bertz CT molecular complexity index is 494. The lowest BCUT2D eigenvalue weighted by Crippen LogP contribution is -2.75. The zero-order valence-electron chi connectivity index (χ0n) is 15.1. The maximum absolute atomic E-state index is 12.0. The van der Waals surface area contributed by atoms with Crippen LogP contribution in [-0.4, -0.2) is 65.8 Å². The Labute approximate surface area is 141 Å². The van der Waals surface area contributed by atoms with Crippen molar-refractivity contribution in [2.75, 3.05) is 26.7 Å². The molecule has 0 spiro atoms. The molecule has 0 unspecified atom stereocenters. The zero-order valence-corrected chi connectivity index (χ0v) is 15.1. The predicted molar refractivity (Wildman–Crippen MR) is 86.2 cm³/mol. The van der Waals surface area contributed by atoms with E-state index >= 15 is 0 Å². The Hall–Kier alpha value is -1.90. The summed E-state index contributed by atoms with van der Waals surface area (Å²) in [5, 5.41) is 14.0. The van der Waals surface area contributed by atoms with Gasteiger partial charge in [0.2, 0.25) is 6.54 Å². The highest BCUT2D eigenvalue weighted by Gasteiger charge is 2.52. The number of methoxy groups -OCH3 is 1. The van der Waals surface area contributed by atoms with Crippen LogP contribution < -0.4 is 5.32 Å². The molecular weight excluding hydrogens is 318 g/mol. The highest BCUT2D eigenvalue weighted by atomic mass is 16.6. The molecule has 9 heteroatoms. The number of carbonyl (C=O) groups is 2. The molecule has 0 aliphatic carbocycles. The van der Waals surface area contributed by atoms with E-state index in [-0.39, 0.29) is 19.0 Å². The lowest BCUT2D eigenvalue weighted by molar-refractivity contribution is -0.494. The highest BCUT2D eigenvalue weighted by molar-refractivity contribution is 5.76. The Balaban J connectivity index is 2.83. The molecule has 1 heterocycles. The van der Waals surface area contributed by atoms with Crippen molar-refractivity contribution in [3.05, 3.63) is 10.1 Å². The molecule has 1 amide bonds. The summed E-state index contributed by atoms with van der Waals surface area (Å²) in [6.45, 7) is 8.69. The molecule has 1 N–H and O–H groups in total. The fraction of sp³-hybridized carbons (Fsp3) is 0.867. The summed E-state index contributed by atoms with van der Waals surface area (Å²) in [6, 6.07) is -0.685. The first-order chi connectivity index (χ1) is 10.9. The number of hydrogen-bond acceptors (Lipinski definition) is 7. The largest absolute Gasteiger partial charge is 0.468 e. The van der Waals surface area contributed by atoms with Gasteiger partial charge in [-0.2, -0.15) is 0 Å². The molecule has 1 fully saturated rings. The first-order valence-corrected chi connectivity index (χ1v) is 7.84. The minimum atomic E-state index is -0.969. The predicted octanol–water partition coefficient (Wildman–Crippen LogP) is 1.04. The number of hydrogen-bond donors (Lipinski definition) is 1. The molecular formula is C15H27N3O6. The Kier molecular flexibility index (Phi) is 6.15. The molecule has 138 valence electrons. The number of esters is 1. The number of amides is 1. The first kappa shape index (κ1) is 20.1. The summed E-state index contributed by atoms with van der Waals surface area (Å²) in [4.78, 5) is 35.9. The fourth-order valence-electron chi connectivity index (χ4n) is 2.58. The molecule has 1 saturated heterocycles. The van der Waals surface area contributed by atoms with Gasteiger partial charge in [-0.1, -0.05) is 13.8 Å². The summed E-state index contributed by atoms with van der Waals surface area (Å²) in [5.41, 5.74) is -1.61. The van der Waals surface area contributed by atoms with E-state index in [1.807, 2.05) is 13.8 Å². The van der Waals surface area contributed by atoms with Crippen LogP contribution in [0.3, 0.4) is 0 Å². The highest BCUT2D eigenvalue weighted by Crippen LogP contribution is 2.26. The zero-order chi connectivity index (χ0) is 18.7. The molecule has 1 rings (SSSR count). The van der Waals surface area contributed by atoms with Crippen LogP contribution in [0.15, 0.2) is 0 Å². The third-order valence-corrected chi connectivity index (χ3v) is 3.65. The molecule has 0 aromatic heterocycles. The topological polar surface area (TPSA) is 111 Å². The number of likely N-dealkylation sites (tertiary alicyclic amines) is 1. The van der Waals surface area contributed by atoms with Crippen molar-refractivity contribution >= 4 is 12.1 Å². The summed E-state index contributed by atoms with van der Waals surface area (Å²) in [5.74, 6) is -0.597. The monoisotopic (exact) mass is 345 g/mol. The van der Waals surface area contributed by atoms with Crippen molar-refractivity contribution in [1.29, 1.82) is 0 Å². The van der Waals surface area contributed by atoms with Crippen LogP contribution in [0.1, 0.15) is 34.6 Å². The quantitative estimate of drug-likeness (QED) is 0.435. The molecule has 1 aliphatic rings. The van der Waals surface area contributed by atoms with E-state index in [1.54, 1.807) is 20.8 Å². The van der Waals surface area contributed by atoms with Crippen LogP contribution in [0.2, 0.25) is 0 Å². The number of nitrogens with one attached hydrogen (secondary N) is 1. The third kappa shape index (κ3) is 5.33. The second-order valence-corrected chi connectivity index (χ2v) is 7.50. The van der Waals surface area contributed by atoms with E-state index in [9.17, 15) is 19.7 Å². The van der Waals surface area contributed by atoms with Gasteiger partial charge in [0.15, 0.2) is 0 Å². The van der Waals surface area contributed by atoms with E-state index in [0.717, 1.165) is 0 Å². The fourth-order valence-corrected chi connectivity index (χ4v) is 2.58. The SMILES string of the molecule is COC(=O)[C@@H](NC1(C[N+](=O)[O-])CN(C(=O)OC(C)(C)C)C1)C(C)C. The van der Waals surface area contributed by atoms with Crippen LogP contribution in [0.25, 0.3) is 0 Å². The van der Waals surface area contributed by atoms with Crippen molar-refractivity contribution < 1.29 is 24.0 Å². The number of rotatable bonds is 6. The van der Waals surface area contributed by atoms with E-state index in [4.69, 9.17) is 9.47 Å². The van der Waals surface area contributed by atoms with Gasteiger partial charge >= 0.3 is 12.1 Å². The van der Waals surface area contributed by atoms with Crippen molar-refractivity contribution in [3.8, 4) is 0 Å². The number of ether oxygens (including phenoxy) is 2. The standard InChI is InChI=1S/C15H27N3O6/c1-10(2)11(12(19)23-6)16-15(9-18(21)22)7-17(8-15)13(20)24-14(3,4)5/h10-11,16H,7-9H2,1-6H3/t11-/m0/s1. The normalized spacial score (nSPS) is 17.9. The number of carbonyl (C=O) groups excluding carboxylic acids is 2. The minimum Gasteiger partial charge on any atom is -0.468 e. The molecule has 0 bridgehead atoms. The van der Waals surface area contributed by atoms with Crippen LogP contribution in [0, 0.1) is 16.0 Å². The summed E-state index contributed by atoms with van der Waals surface area (Å²) >= 11 is 0. The number of nitro groups is 1. The summed E-state index contributed by atoms with van der Waals surface area (Å²) in [7, 11) is 1.27. The molecule has 1 atom stereocenters. The van der Waals surface area contributed by atoms with Crippen LogP contribution in [0.4, 0.5) is 4.79 Å². The van der Waals surface area contributed by atoms with E-state index in [2.05, 4.69) is 5.32 Å². The average molecular weight is 345 g/mol. The molecule has 1 aliphatic heterocycles. The van der Waals surface area contributed by atoms with Crippen molar-refractivity contribution in [1.82, 2.24) is 10.2 Å². The molecule has 0 aromatic rings. The second-order valence-electron chi connectivity index (χ2n) is 7.50. The van der Waals surface area contributed by atoms with Gasteiger partial charge in [0.1, 0.15) is 17.2 Å². The molecule has 9 nitrogen and oxygen atoms in total. The van der Waals surface area contributed by atoms with Gasteiger partial charge < -0.3 is 14.4 Å². The smallest absolute Gasteiger partial charge is 0.410 e. The lowest BCUT2D eigenvalue weighted by Gasteiger charge is -2.49. The van der Waals surface area contributed by atoms with E-state index in [1.165, 1.54) is 12.0 Å². The summed E-state index contributed by atoms with van der Waals surface area (Å²) in [6.07, 6.45) is -0.526. The maximum Gasteiger partial charge on any atom is 0.410 e. The maximum atomic E-state index is 12.0. The van der Waals surface area contributed by atoms with Crippen molar-refractivity contribution in [3.63, 3.8) is 0 Å².